The molecule has 0 unspecified atom stereocenters. The highest BCUT2D eigenvalue weighted by Crippen LogP contribution is 2.35. The van der Waals surface area contributed by atoms with E-state index in [0.29, 0.717) is 6.42 Å². The van der Waals surface area contributed by atoms with Gasteiger partial charge in [-0.2, -0.15) is 0 Å². The van der Waals surface area contributed by atoms with Gasteiger partial charge in [-0.1, -0.05) is 19.9 Å². The number of piperidine rings is 1. The number of nitrogens with two attached hydrogens (primary N) is 3. The lowest BCUT2D eigenvalue weighted by atomic mass is 9.73. The average Bonchev–Trinajstić information content (AvgIpc) is 2.40. The minimum atomic E-state index is 0.0508. The Labute approximate surface area is 110 Å². The van der Waals surface area contributed by atoms with Gasteiger partial charge >= 0.3 is 0 Å². The minimum Gasteiger partial charge on any atom is -0.405 e. The summed E-state index contributed by atoms with van der Waals surface area (Å²) < 4.78 is 0. The van der Waals surface area contributed by atoms with Crippen LogP contribution in [0.3, 0.4) is 0 Å². The van der Waals surface area contributed by atoms with Gasteiger partial charge in [0.25, 0.3) is 0 Å². The third-order valence-electron chi connectivity index (χ3n) is 3.28. The lowest BCUT2D eigenvalue weighted by molar-refractivity contribution is -0.667. The Hall–Kier alpha value is -1.07. The fourth-order valence-electron chi connectivity index (χ4n) is 2.37. The van der Waals surface area contributed by atoms with Gasteiger partial charge in [0.1, 0.15) is 0 Å². The van der Waals surface area contributed by atoms with Crippen LogP contribution in [0.15, 0.2) is 12.3 Å². The number of hydrogen-bond donors (Lipinski definition) is 4. The molecule has 0 bridgehead atoms. The van der Waals surface area contributed by atoms with E-state index < -0.39 is 0 Å². The van der Waals surface area contributed by atoms with Gasteiger partial charge in [0.2, 0.25) is 5.91 Å². The van der Waals surface area contributed by atoms with Gasteiger partial charge < -0.3 is 22.1 Å². The number of carbonyl (C=O) groups excluding carboxylic acids is 1. The first-order valence-corrected chi connectivity index (χ1v) is 6.88. The summed E-state index contributed by atoms with van der Waals surface area (Å²) in [5.41, 5.74) is 10.8. The summed E-state index contributed by atoms with van der Waals surface area (Å²) in [5, 5.41) is 4.96. The second-order valence-electron chi connectivity index (χ2n) is 4.48. The van der Waals surface area contributed by atoms with Crippen LogP contribution in [0.4, 0.5) is 0 Å². The van der Waals surface area contributed by atoms with Crippen LogP contribution in [0, 0.1) is 5.41 Å². The third-order valence-corrected chi connectivity index (χ3v) is 3.28. The molecule has 1 aliphatic heterocycles. The van der Waals surface area contributed by atoms with Gasteiger partial charge in [0, 0.05) is 19.3 Å². The van der Waals surface area contributed by atoms with E-state index in [4.69, 9.17) is 11.5 Å². The Morgan fingerprint density at radius 1 is 1.39 bits per heavy atom. The van der Waals surface area contributed by atoms with Crippen LogP contribution in [-0.2, 0) is 4.79 Å². The van der Waals surface area contributed by atoms with E-state index in [0.717, 1.165) is 32.4 Å². The normalized spacial score (nSPS) is 17.9. The quantitative estimate of drug-likeness (QED) is 0.506. The van der Waals surface area contributed by atoms with Crippen LogP contribution >= 0.6 is 0 Å². The second-order valence-corrected chi connectivity index (χ2v) is 4.48. The van der Waals surface area contributed by atoms with Crippen LogP contribution in [0.5, 0.6) is 0 Å². The number of rotatable bonds is 5. The maximum atomic E-state index is 11.6. The van der Waals surface area contributed by atoms with Crippen molar-refractivity contribution in [1.82, 2.24) is 5.32 Å². The molecule has 0 aromatic heterocycles. The predicted octanol–water partition coefficient (Wildman–Crippen LogP) is -0.359. The highest BCUT2D eigenvalue weighted by Gasteiger charge is 2.34. The average molecular weight is 257 g/mol. The van der Waals surface area contributed by atoms with Gasteiger partial charge in [-0.25, -0.2) is 0 Å². The van der Waals surface area contributed by atoms with Crippen molar-refractivity contribution >= 4 is 5.91 Å². The summed E-state index contributed by atoms with van der Waals surface area (Å²) in [6, 6.07) is 0. The smallest absolute Gasteiger partial charge is 0.221 e. The van der Waals surface area contributed by atoms with Crippen molar-refractivity contribution in [2.75, 3.05) is 19.8 Å². The van der Waals surface area contributed by atoms with Crippen molar-refractivity contribution < 1.29 is 10.1 Å². The Kier molecular flexibility index (Phi) is 9.32. The van der Waals surface area contributed by atoms with Gasteiger partial charge in [-0.05, 0) is 18.0 Å². The molecule has 0 saturated carbocycles. The molecule has 1 heterocycles. The van der Waals surface area contributed by atoms with E-state index in [1.54, 1.807) is 6.20 Å². The van der Waals surface area contributed by atoms with Crippen molar-refractivity contribution in [2.45, 2.75) is 39.5 Å². The monoisotopic (exact) mass is 257 g/mol. The molecule has 1 saturated heterocycles. The Morgan fingerprint density at radius 3 is 2.50 bits per heavy atom. The lowest BCUT2D eigenvalue weighted by Gasteiger charge is -2.34. The molecule has 1 rings (SSSR count). The molecule has 0 aliphatic carbocycles. The molecule has 106 valence electrons. The molecule has 7 N–H and O–H groups in total. The van der Waals surface area contributed by atoms with Crippen molar-refractivity contribution in [3.05, 3.63) is 12.3 Å². The summed E-state index contributed by atoms with van der Waals surface area (Å²) in [6.45, 7) is 6.40. The zero-order valence-electron chi connectivity index (χ0n) is 11.7. The van der Waals surface area contributed by atoms with E-state index in [1.807, 2.05) is 19.9 Å². The standard InChI is InChI=1S/C11H22N4O.C2H6/c12-5-1-2-11(3-6-14-7-4-11)8-10(16)15-9-13;1-2/h1,5,14H,2-4,6-9,12-13H2,(H,15,16);1-2H3/p+1/b5-1-;. The lowest BCUT2D eigenvalue weighted by Crippen LogP contribution is -2.87. The van der Waals surface area contributed by atoms with Crippen molar-refractivity contribution in [2.24, 2.45) is 16.9 Å². The summed E-state index contributed by atoms with van der Waals surface area (Å²) in [4.78, 5) is 11.6. The number of hydrogen-bond acceptors (Lipinski definition) is 3. The van der Waals surface area contributed by atoms with Gasteiger partial charge in [-0.3, -0.25) is 4.79 Å². The first-order valence-electron chi connectivity index (χ1n) is 6.88. The molecule has 0 radical (unpaired) electrons. The van der Waals surface area contributed by atoms with Gasteiger partial charge in [0.05, 0.1) is 19.8 Å². The molecular weight excluding hydrogens is 228 g/mol. The van der Waals surface area contributed by atoms with Crippen LogP contribution in [0.1, 0.15) is 39.5 Å². The summed E-state index contributed by atoms with van der Waals surface area (Å²) in [7, 11) is 0. The zero-order valence-corrected chi connectivity index (χ0v) is 11.7. The first kappa shape index (κ1) is 16.9. The SMILES string of the molecule is CC.N/C=C\CC1(CC(=O)NCN)CC[NH2+]CC1. The minimum absolute atomic E-state index is 0.0508. The largest absolute Gasteiger partial charge is 0.405 e. The molecule has 5 heteroatoms. The van der Waals surface area contributed by atoms with E-state index in [1.165, 1.54) is 0 Å². The van der Waals surface area contributed by atoms with Crippen LogP contribution in [0.25, 0.3) is 0 Å². The number of amides is 1. The Bertz CT molecular complexity index is 247. The van der Waals surface area contributed by atoms with Crippen LogP contribution in [0.2, 0.25) is 0 Å². The molecule has 0 aromatic rings. The fourth-order valence-corrected chi connectivity index (χ4v) is 2.37. The number of nitrogens with one attached hydrogen (secondary N) is 1. The maximum absolute atomic E-state index is 11.6. The Balaban J connectivity index is 0.00000137. The molecule has 1 amide bonds. The topological polar surface area (TPSA) is 97.8 Å². The summed E-state index contributed by atoms with van der Waals surface area (Å²) in [6.07, 6.45) is 7.10. The van der Waals surface area contributed by atoms with E-state index in [2.05, 4.69) is 10.6 Å². The molecule has 18 heavy (non-hydrogen) atoms. The summed E-state index contributed by atoms with van der Waals surface area (Å²) in [5.74, 6) is 0.0508. The number of allylic oxidation sites excluding steroid dienone is 1. The molecule has 0 atom stereocenters. The van der Waals surface area contributed by atoms with Gasteiger partial charge in [0.15, 0.2) is 0 Å². The van der Waals surface area contributed by atoms with Crippen molar-refractivity contribution in [3.8, 4) is 0 Å². The predicted molar refractivity (Wildman–Crippen MR) is 74.4 cm³/mol. The molecular formula is C13H29N4O+. The second kappa shape index (κ2) is 9.91. The highest BCUT2D eigenvalue weighted by atomic mass is 16.1. The van der Waals surface area contributed by atoms with E-state index in [9.17, 15) is 4.79 Å². The Morgan fingerprint density at radius 2 is 2.00 bits per heavy atom. The third kappa shape index (κ3) is 6.02. The van der Waals surface area contributed by atoms with Crippen molar-refractivity contribution in [3.63, 3.8) is 0 Å². The first-order chi connectivity index (χ1) is 8.72. The fraction of sp³-hybridized carbons (Fsp3) is 0.769. The highest BCUT2D eigenvalue weighted by molar-refractivity contribution is 5.76. The molecule has 0 aromatic carbocycles. The van der Waals surface area contributed by atoms with Gasteiger partial charge in [-0.15, -0.1) is 0 Å². The van der Waals surface area contributed by atoms with Crippen LogP contribution < -0.4 is 22.1 Å². The van der Waals surface area contributed by atoms with Crippen molar-refractivity contribution in [1.29, 1.82) is 0 Å². The summed E-state index contributed by atoms with van der Waals surface area (Å²) >= 11 is 0. The molecule has 1 aliphatic rings. The molecule has 0 spiro atoms. The van der Waals surface area contributed by atoms with Crippen LogP contribution in [-0.4, -0.2) is 25.7 Å². The zero-order chi connectivity index (χ0) is 13.9. The van der Waals surface area contributed by atoms with E-state index in [-0.39, 0.29) is 18.0 Å². The molecule has 5 nitrogen and oxygen atoms in total. The number of carbonyl (C=O) groups is 1. The van der Waals surface area contributed by atoms with E-state index >= 15 is 0 Å². The number of quaternary nitrogens is 1. The maximum Gasteiger partial charge on any atom is 0.221 e. The molecule has 1 fully saturated rings.